The van der Waals surface area contributed by atoms with E-state index in [1.54, 1.807) is 42.1 Å². The molecule has 0 spiro atoms. The summed E-state index contributed by atoms with van der Waals surface area (Å²) in [6.45, 7) is 5.55. The van der Waals surface area contributed by atoms with Gasteiger partial charge in [0.05, 0.1) is 17.2 Å². The van der Waals surface area contributed by atoms with Crippen LogP contribution in [0.5, 0.6) is 5.75 Å². The normalized spacial score (nSPS) is 18.6. The number of carbonyl (C=O) groups is 3. The van der Waals surface area contributed by atoms with Crippen LogP contribution in [0.15, 0.2) is 36.4 Å². The fourth-order valence-electron chi connectivity index (χ4n) is 4.71. The van der Waals surface area contributed by atoms with Gasteiger partial charge in [0.2, 0.25) is 5.91 Å². The summed E-state index contributed by atoms with van der Waals surface area (Å²) in [6.07, 6.45) is 2.63. The number of carbonyl (C=O) groups excluding carboxylic acids is 3. The Morgan fingerprint density at radius 2 is 1.64 bits per heavy atom. The average molecular weight is 581 g/mol. The molecule has 2 aromatic rings. The van der Waals surface area contributed by atoms with Crippen LogP contribution in [0.2, 0.25) is 10.0 Å². The lowest BCUT2D eigenvalue weighted by Gasteiger charge is -2.33. The highest BCUT2D eigenvalue weighted by molar-refractivity contribution is 6.31. The summed E-state index contributed by atoms with van der Waals surface area (Å²) in [6, 6.07) is 8.17. The van der Waals surface area contributed by atoms with Crippen molar-refractivity contribution in [1.82, 2.24) is 14.7 Å². The minimum atomic E-state index is -0.675. The van der Waals surface area contributed by atoms with E-state index < -0.39 is 11.9 Å². The first-order chi connectivity index (χ1) is 18.5. The summed E-state index contributed by atoms with van der Waals surface area (Å²) >= 11 is 12.1. The number of benzene rings is 2. The number of hydrogen-bond acceptors (Lipinski definition) is 4. The molecule has 0 aliphatic carbocycles. The van der Waals surface area contributed by atoms with Gasteiger partial charge < -0.3 is 19.4 Å². The number of rotatable bonds is 2. The molecule has 10 heteroatoms. The van der Waals surface area contributed by atoms with E-state index in [1.165, 1.54) is 23.1 Å². The number of likely N-dealkylation sites (N-methyl/N-ethyl adjacent to an activating group) is 2. The average Bonchev–Trinajstić information content (AvgIpc) is 2.90. The Balaban J connectivity index is 1.86. The van der Waals surface area contributed by atoms with E-state index in [0.29, 0.717) is 73.8 Å². The summed E-state index contributed by atoms with van der Waals surface area (Å²) in [5.74, 6) is -1.05. The molecule has 2 aromatic carbocycles. The molecule has 0 radical (unpaired) electrons. The Morgan fingerprint density at radius 1 is 0.974 bits per heavy atom. The molecule has 0 fully saturated rings. The summed E-state index contributed by atoms with van der Waals surface area (Å²) < 4.78 is 19.6. The first-order valence-corrected chi connectivity index (χ1v) is 14.0. The summed E-state index contributed by atoms with van der Waals surface area (Å²) in [4.78, 5) is 45.1. The Labute approximate surface area is 239 Å². The Hall–Kier alpha value is -2.84. The number of ether oxygens (including phenoxy) is 1. The maximum absolute atomic E-state index is 13.7. The van der Waals surface area contributed by atoms with Crippen molar-refractivity contribution in [3.63, 3.8) is 0 Å². The van der Waals surface area contributed by atoms with Gasteiger partial charge in [0.25, 0.3) is 11.8 Å². The van der Waals surface area contributed by atoms with Crippen molar-refractivity contribution in [2.24, 2.45) is 5.92 Å². The first-order valence-electron chi connectivity index (χ1n) is 13.2. The molecule has 0 bridgehead atoms. The molecule has 0 saturated heterocycles. The van der Waals surface area contributed by atoms with Crippen LogP contribution in [0.1, 0.15) is 60.2 Å². The minimum absolute atomic E-state index is 0.0992. The smallest absolute Gasteiger partial charge is 0.258 e. The van der Waals surface area contributed by atoms with E-state index in [2.05, 4.69) is 0 Å². The number of hydrogen-bond donors (Lipinski definition) is 0. The molecule has 3 amide bonds. The van der Waals surface area contributed by atoms with Crippen LogP contribution in [-0.2, 0) is 4.79 Å². The first kappa shape index (κ1) is 30.7. The molecule has 1 heterocycles. The highest BCUT2D eigenvalue weighted by Crippen LogP contribution is 2.27. The fourth-order valence-corrected chi connectivity index (χ4v) is 5.06. The largest absolute Gasteiger partial charge is 0.493 e. The van der Waals surface area contributed by atoms with Crippen molar-refractivity contribution in [3.05, 3.63) is 63.4 Å². The molecule has 0 unspecified atom stereocenters. The lowest BCUT2D eigenvalue weighted by Crippen LogP contribution is -2.51. The molecule has 0 aromatic heterocycles. The Bertz CT molecular complexity index is 1190. The molecule has 0 saturated carbocycles. The van der Waals surface area contributed by atoms with Crippen LogP contribution in [0.4, 0.5) is 4.39 Å². The molecule has 3 rings (SSSR count). The van der Waals surface area contributed by atoms with Crippen molar-refractivity contribution < 1.29 is 23.5 Å². The highest BCUT2D eigenvalue weighted by Gasteiger charge is 2.33. The van der Waals surface area contributed by atoms with Crippen LogP contribution in [0.3, 0.4) is 0 Å². The molecular weight excluding hydrogens is 544 g/mol. The molecule has 7 nitrogen and oxygen atoms in total. The second-order valence-electron chi connectivity index (χ2n) is 10.2. The van der Waals surface area contributed by atoms with E-state index in [4.69, 9.17) is 27.9 Å². The molecule has 1 atom stereocenters. The maximum Gasteiger partial charge on any atom is 0.258 e. The van der Waals surface area contributed by atoms with Gasteiger partial charge >= 0.3 is 0 Å². The SMILES string of the molecule is CC(C)[C@H]1C(=O)N(C)CCCCN(C(=O)c2ccc(F)c(Cl)c2)CCCCOc2ccc(Cl)cc2C(=O)N1C. The molecule has 1 aliphatic rings. The molecular formula is C29H36Cl2FN3O4. The summed E-state index contributed by atoms with van der Waals surface area (Å²) in [5, 5.41) is 0.294. The topological polar surface area (TPSA) is 70.2 Å². The third kappa shape index (κ3) is 7.85. The Kier molecular flexibility index (Phi) is 11.0. The van der Waals surface area contributed by atoms with Crippen LogP contribution in [-0.4, -0.2) is 78.8 Å². The number of nitrogens with zero attached hydrogens (tertiary/aromatic N) is 3. The van der Waals surface area contributed by atoms with Gasteiger partial charge in [-0.05, 0) is 68.0 Å². The molecule has 39 heavy (non-hydrogen) atoms. The van der Waals surface area contributed by atoms with E-state index >= 15 is 0 Å². The predicted molar refractivity (Wildman–Crippen MR) is 151 cm³/mol. The van der Waals surface area contributed by atoms with Crippen LogP contribution >= 0.6 is 23.2 Å². The second-order valence-corrected chi connectivity index (χ2v) is 11.0. The highest BCUT2D eigenvalue weighted by atomic mass is 35.5. The van der Waals surface area contributed by atoms with Gasteiger partial charge in [-0.1, -0.05) is 37.0 Å². The van der Waals surface area contributed by atoms with E-state index in [0.717, 1.165) is 0 Å². The predicted octanol–water partition coefficient (Wildman–Crippen LogP) is 5.78. The third-order valence-electron chi connectivity index (χ3n) is 6.88. The van der Waals surface area contributed by atoms with Crippen molar-refractivity contribution >= 4 is 40.9 Å². The van der Waals surface area contributed by atoms with Gasteiger partial charge in [0, 0.05) is 44.3 Å². The van der Waals surface area contributed by atoms with Gasteiger partial charge in [-0.2, -0.15) is 0 Å². The maximum atomic E-state index is 13.7. The summed E-state index contributed by atoms with van der Waals surface area (Å²) in [5.41, 5.74) is 0.614. The Morgan fingerprint density at radius 3 is 2.31 bits per heavy atom. The zero-order valence-corrected chi connectivity index (χ0v) is 24.4. The molecule has 1 aliphatic heterocycles. The summed E-state index contributed by atoms with van der Waals surface area (Å²) in [7, 11) is 3.35. The number of fused-ring (bicyclic) bond motifs is 1. The lowest BCUT2D eigenvalue weighted by atomic mass is 10.00. The quantitative estimate of drug-likeness (QED) is 0.452. The zero-order valence-electron chi connectivity index (χ0n) is 22.9. The zero-order chi connectivity index (χ0) is 28.7. The fraction of sp³-hybridized carbons (Fsp3) is 0.483. The number of halogens is 3. The van der Waals surface area contributed by atoms with Crippen LogP contribution in [0.25, 0.3) is 0 Å². The van der Waals surface area contributed by atoms with Gasteiger partial charge in [0.1, 0.15) is 17.6 Å². The van der Waals surface area contributed by atoms with Crippen molar-refractivity contribution in [3.8, 4) is 5.75 Å². The van der Waals surface area contributed by atoms with Gasteiger partial charge in [0.15, 0.2) is 0 Å². The van der Waals surface area contributed by atoms with E-state index in [1.807, 2.05) is 13.8 Å². The van der Waals surface area contributed by atoms with Crippen molar-refractivity contribution in [2.75, 3.05) is 40.3 Å². The molecule has 0 N–H and O–H groups in total. The third-order valence-corrected chi connectivity index (χ3v) is 7.40. The minimum Gasteiger partial charge on any atom is -0.493 e. The van der Waals surface area contributed by atoms with Crippen LogP contribution in [0, 0.1) is 11.7 Å². The molecule has 212 valence electrons. The van der Waals surface area contributed by atoms with Gasteiger partial charge in [-0.15, -0.1) is 0 Å². The van der Waals surface area contributed by atoms with Crippen molar-refractivity contribution in [1.29, 1.82) is 0 Å². The second kappa shape index (κ2) is 14.0. The van der Waals surface area contributed by atoms with Gasteiger partial charge in [-0.25, -0.2) is 4.39 Å². The van der Waals surface area contributed by atoms with Crippen molar-refractivity contribution in [2.45, 2.75) is 45.6 Å². The van der Waals surface area contributed by atoms with Gasteiger partial charge in [-0.3, -0.25) is 14.4 Å². The lowest BCUT2D eigenvalue weighted by molar-refractivity contribution is -0.136. The van der Waals surface area contributed by atoms with E-state index in [9.17, 15) is 18.8 Å². The number of amides is 3. The van der Waals surface area contributed by atoms with E-state index in [-0.39, 0.29) is 28.7 Å². The standard InChI is InChI=1S/C29H36Cl2FN3O4/c1-19(2)26-29(38)33(3)13-5-6-14-35(27(36)20-9-11-24(32)23(31)17-20)15-7-8-16-39-25-12-10-21(30)18-22(25)28(37)34(26)4/h9-12,17-19,26H,5-8,13-16H2,1-4H3/t26-/m0/s1. The monoisotopic (exact) mass is 579 g/mol. The van der Waals surface area contributed by atoms with Crippen LogP contribution < -0.4 is 4.74 Å².